The minimum atomic E-state index is -0.798. The number of hydrogen-bond donors (Lipinski definition) is 1. The predicted molar refractivity (Wildman–Crippen MR) is 159 cm³/mol. The number of amides is 2. The molecule has 0 heterocycles. The molecule has 39 heavy (non-hydrogen) atoms. The third kappa shape index (κ3) is 8.74. The molecule has 2 atom stereocenters. The first kappa shape index (κ1) is 30.5. The van der Waals surface area contributed by atoms with Crippen LogP contribution >= 0.6 is 23.2 Å². The van der Waals surface area contributed by atoms with Crippen molar-refractivity contribution in [1.82, 2.24) is 10.2 Å². The molecule has 3 aromatic carbocycles. The molecule has 3 rings (SSSR count). The first-order valence-electron chi connectivity index (χ1n) is 13.3. The van der Waals surface area contributed by atoms with E-state index in [1.54, 1.807) is 18.2 Å². The highest BCUT2D eigenvalue weighted by Gasteiger charge is 2.32. The van der Waals surface area contributed by atoms with Crippen molar-refractivity contribution in [2.75, 3.05) is 6.61 Å². The maximum absolute atomic E-state index is 13.8. The molecule has 0 aliphatic rings. The summed E-state index contributed by atoms with van der Waals surface area (Å²) in [6.07, 6.45) is 1.10. The van der Waals surface area contributed by atoms with Gasteiger partial charge in [0.2, 0.25) is 5.91 Å². The molecule has 5 nitrogen and oxygen atoms in total. The zero-order valence-electron chi connectivity index (χ0n) is 23.3. The highest BCUT2D eigenvalue weighted by atomic mass is 35.5. The zero-order valence-corrected chi connectivity index (χ0v) is 24.9. The van der Waals surface area contributed by atoms with E-state index in [4.69, 9.17) is 27.9 Å². The smallest absolute Gasteiger partial charge is 0.261 e. The first-order valence-corrected chi connectivity index (χ1v) is 14.0. The van der Waals surface area contributed by atoms with Crippen molar-refractivity contribution in [3.63, 3.8) is 0 Å². The SMILES string of the molecule is CC[C@@H](C)NC(=O)[C@@H](Cc1ccccc1)N(Cc1c(Cl)cccc1Cl)C(=O)COc1ccc(C(C)(C)C)cc1. The number of halogens is 2. The number of hydrogen-bond acceptors (Lipinski definition) is 3. The van der Waals surface area contributed by atoms with Crippen LogP contribution in [0.25, 0.3) is 0 Å². The van der Waals surface area contributed by atoms with Gasteiger partial charge in [-0.2, -0.15) is 0 Å². The lowest BCUT2D eigenvalue weighted by molar-refractivity contribution is -0.143. The van der Waals surface area contributed by atoms with E-state index in [2.05, 4.69) is 26.1 Å². The Labute approximate surface area is 242 Å². The second kappa shape index (κ2) is 13.9. The molecule has 7 heteroatoms. The molecule has 0 bridgehead atoms. The molecular weight excluding hydrogens is 531 g/mol. The van der Waals surface area contributed by atoms with E-state index in [0.29, 0.717) is 27.8 Å². The average Bonchev–Trinajstić information content (AvgIpc) is 2.90. The van der Waals surface area contributed by atoms with Gasteiger partial charge >= 0.3 is 0 Å². The fraction of sp³-hybridized carbons (Fsp3) is 0.375. The Morgan fingerprint density at radius 2 is 1.54 bits per heavy atom. The molecule has 0 spiro atoms. The zero-order chi connectivity index (χ0) is 28.6. The van der Waals surface area contributed by atoms with Crippen LogP contribution in [-0.4, -0.2) is 35.4 Å². The van der Waals surface area contributed by atoms with Crippen LogP contribution in [0.4, 0.5) is 0 Å². The lowest BCUT2D eigenvalue weighted by Crippen LogP contribution is -2.53. The van der Waals surface area contributed by atoms with Crippen LogP contribution in [0, 0.1) is 0 Å². The van der Waals surface area contributed by atoms with Gasteiger partial charge in [0, 0.05) is 34.6 Å². The molecule has 0 saturated heterocycles. The molecule has 208 valence electrons. The highest BCUT2D eigenvalue weighted by Crippen LogP contribution is 2.28. The van der Waals surface area contributed by atoms with Crippen molar-refractivity contribution < 1.29 is 14.3 Å². The number of nitrogens with zero attached hydrogens (tertiary/aromatic N) is 1. The van der Waals surface area contributed by atoms with Crippen LogP contribution in [0.3, 0.4) is 0 Å². The average molecular weight is 570 g/mol. The van der Waals surface area contributed by atoms with Crippen LogP contribution in [0.1, 0.15) is 57.7 Å². The number of carbonyl (C=O) groups excluding carboxylic acids is 2. The molecule has 0 radical (unpaired) electrons. The lowest BCUT2D eigenvalue weighted by atomic mass is 9.87. The molecule has 1 N–H and O–H groups in total. The third-order valence-corrected chi connectivity index (χ3v) is 7.45. The number of rotatable bonds is 11. The standard InChI is InChI=1S/C32H38Cl2N2O3/c1-6-22(2)35-31(38)29(19-23-11-8-7-9-12-23)36(20-26-27(33)13-10-14-28(26)34)30(37)21-39-25-17-15-24(16-18-25)32(3,4)5/h7-18,22,29H,6,19-21H2,1-5H3,(H,35,38)/t22-,29-/m1/s1. The van der Waals surface area contributed by atoms with Crippen molar-refractivity contribution in [3.8, 4) is 5.75 Å². The van der Waals surface area contributed by atoms with Gasteiger partial charge in [0.1, 0.15) is 11.8 Å². The van der Waals surface area contributed by atoms with Gasteiger partial charge in [-0.15, -0.1) is 0 Å². The monoisotopic (exact) mass is 568 g/mol. The van der Waals surface area contributed by atoms with Gasteiger partial charge in [-0.25, -0.2) is 0 Å². The van der Waals surface area contributed by atoms with E-state index in [-0.39, 0.29) is 36.4 Å². The van der Waals surface area contributed by atoms with Crippen molar-refractivity contribution in [1.29, 1.82) is 0 Å². The van der Waals surface area contributed by atoms with E-state index in [0.717, 1.165) is 12.0 Å². The molecule has 0 saturated carbocycles. The lowest BCUT2D eigenvalue weighted by Gasteiger charge is -2.32. The van der Waals surface area contributed by atoms with E-state index < -0.39 is 6.04 Å². The molecule has 3 aromatic rings. The van der Waals surface area contributed by atoms with Crippen molar-refractivity contribution in [3.05, 3.63) is 99.5 Å². The van der Waals surface area contributed by atoms with Crippen LogP contribution in [0.5, 0.6) is 5.75 Å². The molecule has 0 unspecified atom stereocenters. The quantitative estimate of drug-likeness (QED) is 0.265. The van der Waals surface area contributed by atoms with Gasteiger partial charge in [0.05, 0.1) is 0 Å². The summed E-state index contributed by atoms with van der Waals surface area (Å²) in [6.45, 7) is 10.2. The first-order chi connectivity index (χ1) is 18.5. The normalized spacial score (nSPS) is 12.9. The summed E-state index contributed by atoms with van der Waals surface area (Å²) in [5, 5.41) is 3.92. The van der Waals surface area contributed by atoms with Crippen molar-refractivity contribution >= 4 is 35.0 Å². The van der Waals surface area contributed by atoms with Crippen molar-refractivity contribution in [2.24, 2.45) is 0 Å². The van der Waals surface area contributed by atoms with Gasteiger partial charge in [0.15, 0.2) is 6.61 Å². The molecule has 2 amide bonds. The summed E-state index contributed by atoms with van der Waals surface area (Å²) in [4.78, 5) is 28.9. The summed E-state index contributed by atoms with van der Waals surface area (Å²) in [5.41, 5.74) is 2.69. The van der Waals surface area contributed by atoms with Crippen LogP contribution in [0.15, 0.2) is 72.8 Å². The van der Waals surface area contributed by atoms with Gasteiger partial charge < -0.3 is 15.0 Å². The van der Waals surface area contributed by atoms with E-state index in [1.807, 2.05) is 68.4 Å². The minimum Gasteiger partial charge on any atom is -0.484 e. The molecule has 0 fully saturated rings. The van der Waals surface area contributed by atoms with Crippen LogP contribution < -0.4 is 10.1 Å². The largest absolute Gasteiger partial charge is 0.484 e. The number of nitrogens with one attached hydrogen (secondary N) is 1. The third-order valence-electron chi connectivity index (χ3n) is 6.74. The Morgan fingerprint density at radius 1 is 0.923 bits per heavy atom. The van der Waals surface area contributed by atoms with Gasteiger partial charge in [-0.1, -0.05) is 99.4 Å². The second-order valence-electron chi connectivity index (χ2n) is 10.8. The minimum absolute atomic E-state index is 0.00696. The van der Waals surface area contributed by atoms with E-state index in [1.165, 1.54) is 10.5 Å². The topological polar surface area (TPSA) is 58.6 Å². The summed E-state index contributed by atoms with van der Waals surface area (Å²) in [7, 11) is 0. The summed E-state index contributed by atoms with van der Waals surface area (Å²) in [5.74, 6) is 0.00104. The maximum atomic E-state index is 13.8. The Hall–Kier alpha value is -3.02. The fourth-order valence-electron chi connectivity index (χ4n) is 4.13. The molecule has 0 aliphatic heterocycles. The van der Waals surface area contributed by atoms with Crippen LogP contribution in [-0.2, 0) is 28.0 Å². The number of benzene rings is 3. The van der Waals surface area contributed by atoms with Crippen molar-refractivity contribution in [2.45, 2.75) is 71.5 Å². The second-order valence-corrected chi connectivity index (χ2v) is 11.6. The molecular formula is C32H38Cl2N2O3. The number of carbonyl (C=O) groups is 2. The Morgan fingerprint density at radius 3 is 2.10 bits per heavy atom. The maximum Gasteiger partial charge on any atom is 0.261 e. The summed E-state index contributed by atoms with van der Waals surface area (Å²) >= 11 is 13.0. The number of ether oxygens (including phenoxy) is 1. The summed E-state index contributed by atoms with van der Waals surface area (Å²) < 4.78 is 5.91. The Bertz CT molecular complexity index is 1220. The summed E-state index contributed by atoms with van der Waals surface area (Å²) in [6, 6.07) is 21.7. The molecule has 0 aromatic heterocycles. The van der Waals surface area contributed by atoms with Gasteiger partial charge in [-0.3, -0.25) is 9.59 Å². The van der Waals surface area contributed by atoms with E-state index >= 15 is 0 Å². The van der Waals surface area contributed by atoms with Crippen LogP contribution in [0.2, 0.25) is 10.0 Å². The van der Waals surface area contributed by atoms with Gasteiger partial charge in [0.25, 0.3) is 5.91 Å². The highest BCUT2D eigenvalue weighted by molar-refractivity contribution is 6.36. The Kier molecular flexibility index (Phi) is 10.8. The fourth-order valence-corrected chi connectivity index (χ4v) is 4.64. The van der Waals surface area contributed by atoms with Gasteiger partial charge in [-0.05, 0) is 54.2 Å². The van der Waals surface area contributed by atoms with E-state index in [9.17, 15) is 9.59 Å². The Balaban J connectivity index is 1.93. The molecule has 0 aliphatic carbocycles. The predicted octanol–water partition coefficient (Wildman–Crippen LogP) is 7.22.